The highest BCUT2D eigenvalue weighted by atomic mass is 16.5. The molecule has 7 heteroatoms. The summed E-state index contributed by atoms with van der Waals surface area (Å²) in [5.41, 5.74) is 0.349. The lowest BCUT2D eigenvalue weighted by atomic mass is 10.0. The van der Waals surface area contributed by atoms with E-state index in [9.17, 15) is 9.59 Å². The SMILES string of the molecule is CCC(C)(C)NC(=O)CN1CCN(C(=O)c2cc(OC)cc(OC)c2)CC1. The van der Waals surface area contributed by atoms with E-state index in [1.807, 2.05) is 13.8 Å². The van der Waals surface area contributed by atoms with E-state index in [2.05, 4.69) is 17.1 Å². The molecule has 1 heterocycles. The molecule has 0 radical (unpaired) electrons. The van der Waals surface area contributed by atoms with Crippen LogP contribution in [-0.4, -0.2) is 74.1 Å². The topological polar surface area (TPSA) is 71.1 Å². The van der Waals surface area contributed by atoms with Gasteiger partial charge in [-0.15, -0.1) is 0 Å². The summed E-state index contributed by atoms with van der Waals surface area (Å²) in [5.74, 6) is 1.15. The van der Waals surface area contributed by atoms with Gasteiger partial charge in [0.25, 0.3) is 5.91 Å². The fourth-order valence-electron chi connectivity index (χ4n) is 2.93. The van der Waals surface area contributed by atoms with Crippen molar-refractivity contribution in [2.24, 2.45) is 0 Å². The maximum Gasteiger partial charge on any atom is 0.254 e. The van der Waals surface area contributed by atoms with Gasteiger partial charge >= 0.3 is 0 Å². The van der Waals surface area contributed by atoms with Crippen LogP contribution in [-0.2, 0) is 4.79 Å². The van der Waals surface area contributed by atoms with Crippen LogP contribution in [0.1, 0.15) is 37.6 Å². The molecule has 1 aromatic carbocycles. The summed E-state index contributed by atoms with van der Waals surface area (Å²) < 4.78 is 10.5. The normalized spacial score (nSPS) is 15.4. The standard InChI is InChI=1S/C20H31N3O4/c1-6-20(2,3)21-18(24)14-22-7-9-23(10-8-22)19(25)15-11-16(26-4)13-17(12-15)27-5/h11-13H,6-10,14H2,1-5H3,(H,21,24). The number of methoxy groups -OCH3 is 2. The van der Waals surface area contributed by atoms with E-state index in [0.717, 1.165) is 6.42 Å². The van der Waals surface area contributed by atoms with E-state index in [0.29, 0.717) is 49.8 Å². The minimum Gasteiger partial charge on any atom is -0.497 e. The van der Waals surface area contributed by atoms with Crippen molar-refractivity contribution in [3.8, 4) is 11.5 Å². The van der Waals surface area contributed by atoms with E-state index < -0.39 is 0 Å². The average molecular weight is 377 g/mol. The molecule has 150 valence electrons. The summed E-state index contributed by atoms with van der Waals surface area (Å²) in [6.07, 6.45) is 0.880. The Bertz CT molecular complexity index is 645. The van der Waals surface area contributed by atoms with Crippen LogP contribution >= 0.6 is 0 Å². The van der Waals surface area contributed by atoms with Crippen LogP contribution < -0.4 is 14.8 Å². The number of hydrogen-bond acceptors (Lipinski definition) is 5. The molecule has 0 atom stereocenters. The largest absolute Gasteiger partial charge is 0.497 e. The molecular formula is C20H31N3O4. The molecule has 2 amide bonds. The molecule has 1 saturated heterocycles. The molecule has 1 aliphatic heterocycles. The van der Waals surface area contributed by atoms with Crippen LogP contribution in [0, 0.1) is 0 Å². The van der Waals surface area contributed by atoms with Gasteiger partial charge in [0.05, 0.1) is 20.8 Å². The molecule has 7 nitrogen and oxygen atoms in total. The zero-order valence-corrected chi connectivity index (χ0v) is 17.0. The molecule has 0 unspecified atom stereocenters. The van der Waals surface area contributed by atoms with Gasteiger partial charge in [0, 0.05) is 43.3 Å². The Morgan fingerprint density at radius 1 is 1.04 bits per heavy atom. The molecule has 0 aliphatic carbocycles. The number of ether oxygens (including phenoxy) is 2. The quantitative estimate of drug-likeness (QED) is 0.784. The predicted molar refractivity (Wildman–Crippen MR) is 104 cm³/mol. The molecule has 0 saturated carbocycles. The van der Waals surface area contributed by atoms with Gasteiger partial charge in [-0.3, -0.25) is 14.5 Å². The minimum absolute atomic E-state index is 0.0270. The van der Waals surface area contributed by atoms with Gasteiger partial charge < -0.3 is 19.7 Å². The lowest BCUT2D eigenvalue weighted by Gasteiger charge is -2.35. The number of rotatable bonds is 7. The Balaban J connectivity index is 1.92. The van der Waals surface area contributed by atoms with Crippen molar-refractivity contribution in [2.75, 3.05) is 46.9 Å². The Morgan fingerprint density at radius 3 is 2.07 bits per heavy atom. The monoisotopic (exact) mass is 377 g/mol. The van der Waals surface area contributed by atoms with Crippen molar-refractivity contribution in [1.29, 1.82) is 0 Å². The zero-order valence-electron chi connectivity index (χ0n) is 17.0. The van der Waals surface area contributed by atoms with Crippen LogP contribution in [0.4, 0.5) is 0 Å². The van der Waals surface area contributed by atoms with Gasteiger partial charge in [0.2, 0.25) is 5.91 Å². The molecule has 1 fully saturated rings. The first-order valence-electron chi connectivity index (χ1n) is 9.33. The van der Waals surface area contributed by atoms with Crippen molar-refractivity contribution in [3.63, 3.8) is 0 Å². The summed E-state index contributed by atoms with van der Waals surface area (Å²) in [6, 6.07) is 5.18. The molecule has 1 N–H and O–H groups in total. The van der Waals surface area contributed by atoms with Crippen molar-refractivity contribution in [1.82, 2.24) is 15.1 Å². The highest BCUT2D eigenvalue weighted by molar-refractivity contribution is 5.95. The number of hydrogen-bond donors (Lipinski definition) is 1. The summed E-state index contributed by atoms with van der Waals surface area (Å²) in [7, 11) is 3.12. The van der Waals surface area contributed by atoms with Gasteiger partial charge in [-0.2, -0.15) is 0 Å². The zero-order chi connectivity index (χ0) is 20.0. The van der Waals surface area contributed by atoms with E-state index in [4.69, 9.17) is 9.47 Å². The van der Waals surface area contributed by atoms with E-state index >= 15 is 0 Å². The lowest BCUT2D eigenvalue weighted by Crippen LogP contribution is -2.53. The third-order valence-corrected chi connectivity index (χ3v) is 4.99. The lowest BCUT2D eigenvalue weighted by molar-refractivity contribution is -0.124. The van der Waals surface area contributed by atoms with Gasteiger partial charge in [0.1, 0.15) is 11.5 Å². The summed E-state index contributed by atoms with van der Waals surface area (Å²) in [5, 5.41) is 3.05. The minimum atomic E-state index is -0.194. The number of nitrogens with zero attached hydrogens (tertiary/aromatic N) is 2. The average Bonchev–Trinajstić information content (AvgIpc) is 2.67. The van der Waals surface area contributed by atoms with Crippen molar-refractivity contribution >= 4 is 11.8 Å². The number of carbonyl (C=O) groups excluding carboxylic acids is 2. The molecule has 0 aromatic heterocycles. The summed E-state index contributed by atoms with van der Waals surface area (Å²) >= 11 is 0. The third-order valence-electron chi connectivity index (χ3n) is 4.99. The Hall–Kier alpha value is -2.28. The first-order valence-corrected chi connectivity index (χ1v) is 9.33. The van der Waals surface area contributed by atoms with Crippen LogP contribution in [0.15, 0.2) is 18.2 Å². The smallest absolute Gasteiger partial charge is 0.254 e. The van der Waals surface area contributed by atoms with Crippen molar-refractivity contribution in [2.45, 2.75) is 32.7 Å². The second kappa shape index (κ2) is 9.08. The molecular weight excluding hydrogens is 346 g/mol. The molecule has 0 spiro atoms. The van der Waals surface area contributed by atoms with Gasteiger partial charge in [-0.05, 0) is 32.4 Å². The van der Waals surface area contributed by atoms with Gasteiger partial charge in [-0.25, -0.2) is 0 Å². The molecule has 1 aliphatic rings. The van der Waals surface area contributed by atoms with E-state index in [1.165, 1.54) is 0 Å². The van der Waals surface area contributed by atoms with Crippen LogP contribution in [0.3, 0.4) is 0 Å². The van der Waals surface area contributed by atoms with E-state index in [1.54, 1.807) is 37.3 Å². The molecule has 2 rings (SSSR count). The number of carbonyl (C=O) groups is 2. The number of nitrogens with one attached hydrogen (secondary N) is 1. The van der Waals surface area contributed by atoms with Crippen molar-refractivity contribution in [3.05, 3.63) is 23.8 Å². The maximum atomic E-state index is 12.8. The van der Waals surface area contributed by atoms with Gasteiger partial charge in [-0.1, -0.05) is 6.92 Å². The predicted octanol–water partition coefficient (Wildman–Crippen LogP) is 1.77. The first-order chi connectivity index (χ1) is 12.8. The maximum absolute atomic E-state index is 12.8. The summed E-state index contributed by atoms with van der Waals surface area (Å²) in [6.45, 7) is 8.97. The molecule has 27 heavy (non-hydrogen) atoms. The van der Waals surface area contributed by atoms with E-state index in [-0.39, 0.29) is 17.4 Å². The van der Waals surface area contributed by atoms with Crippen LogP contribution in [0.5, 0.6) is 11.5 Å². The highest BCUT2D eigenvalue weighted by Crippen LogP contribution is 2.23. The fraction of sp³-hybridized carbons (Fsp3) is 0.600. The second-order valence-corrected chi connectivity index (χ2v) is 7.46. The first kappa shape index (κ1) is 21.0. The number of amides is 2. The molecule has 1 aromatic rings. The Morgan fingerprint density at radius 2 is 1.59 bits per heavy atom. The highest BCUT2D eigenvalue weighted by Gasteiger charge is 2.25. The second-order valence-electron chi connectivity index (χ2n) is 7.46. The third kappa shape index (κ3) is 5.85. The summed E-state index contributed by atoms with van der Waals surface area (Å²) in [4.78, 5) is 28.9. The fourth-order valence-corrected chi connectivity index (χ4v) is 2.93. The Labute approximate surface area is 161 Å². The Kier molecular flexibility index (Phi) is 7.07. The van der Waals surface area contributed by atoms with Gasteiger partial charge in [0.15, 0.2) is 0 Å². The van der Waals surface area contributed by atoms with Crippen LogP contribution in [0.25, 0.3) is 0 Å². The molecule has 0 bridgehead atoms. The number of piperazine rings is 1. The van der Waals surface area contributed by atoms with Crippen molar-refractivity contribution < 1.29 is 19.1 Å². The number of benzene rings is 1. The van der Waals surface area contributed by atoms with Crippen LogP contribution in [0.2, 0.25) is 0 Å².